The number of nitrogens with zero attached hydrogens (tertiary/aromatic N) is 2. The number of carbonyl (C=O) groups excluding carboxylic acids is 1. The van der Waals surface area contributed by atoms with Crippen LogP contribution in [0.15, 0.2) is 39.7 Å². The van der Waals surface area contributed by atoms with E-state index in [2.05, 4.69) is 26.7 Å². The number of carbonyl (C=O) groups is 1. The third-order valence-electron chi connectivity index (χ3n) is 4.45. The first kappa shape index (κ1) is 21.8. The first-order valence-corrected chi connectivity index (χ1v) is 11.0. The third-order valence-corrected chi connectivity index (χ3v) is 5.77. The molecule has 0 radical (unpaired) electrons. The summed E-state index contributed by atoms with van der Waals surface area (Å²) in [4.78, 5) is 21.8. The molecule has 160 valence electrons. The third kappa shape index (κ3) is 5.38. The average Bonchev–Trinajstić information content (AvgIpc) is 3.31. The number of guanidine groups is 1. The SMILES string of the molecule is CCNC(=NCCc1cc2ccccc2o1)NC(C)c1nc(C)c(C(=O)OCC)s1. The van der Waals surface area contributed by atoms with Crippen molar-refractivity contribution in [2.75, 3.05) is 19.7 Å². The van der Waals surface area contributed by atoms with Crippen molar-refractivity contribution in [2.45, 2.75) is 40.2 Å². The van der Waals surface area contributed by atoms with Crippen LogP contribution in [-0.4, -0.2) is 36.6 Å². The molecule has 0 fully saturated rings. The zero-order valence-electron chi connectivity index (χ0n) is 17.8. The van der Waals surface area contributed by atoms with E-state index in [9.17, 15) is 4.79 Å². The molecule has 0 aliphatic carbocycles. The van der Waals surface area contributed by atoms with Gasteiger partial charge in [-0.15, -0.1) is 11.3 Å². The largest absolute Gasteiger partial charge is 0.462 e. The first-order chi connectivity index (χ1) is 14.5. The molecule has 2 N–H and O–H groups in total. The molecule has 0 bridgehead atoms. The van der Waals surface area contributed by atoms with Gasteiger partial charge in [-0.3, -0.25) is 4.99 Å². The summed E-state index contributed by atoms with van der Waals surface area (Å²) in [7, 11) is 0. The first-order valence-electron chi connectivity index (χ1n) is 10.2. The number of thiazole rings is 1. The lowest BCUT2D eigenvalue weighted by Gasteiger charge is -2.15. The van der Waals surface area contributed by atoms with Gasteiger partial charge in [0.1, 0.15) is 21.2 Å². The number of aliphatic imine (C=N–C) groups is 1. The van der Waals surface area contributed by atoms with E-state index < -0.39 is 0 Å². The van der Waals surface area contributed by atoms with Gasteiger partial charge >= 0.3 is 5.97 Å². The number of benzene rings is 1. The Morgan fingerprint density at radius 2 is 2.13 bits per heavy atom. The molecule has 1 atom stereocenters. The van der Waals surface area contributed by atoms with Crippen molar-refractivity contribution in [3.8, 4) is 0 Å². The van der Waals surface area contributed by atoms with Crippen molar-refractivity contribution in [1.29, 1.82) is 0 Å². The minimum Gasteiger partial charge on any atom is -0.462 e. The fourth-order valence-corrected chi connectivity index (χ4v) is 3.98. The molecule has 2 heterocycles. The predicted octanol–water partition coefficient (Wildman–Crippen LogP) is 4.23. The quantitative estimate of drug-likeness (QED) is 0.317. The second-order valence-electron chi connectivity index (χ2n) is 6.81. The number of aromatic nitrogens is 1. The Bertz CT molecular complexity index is 991. The molecule has 0 saturated carbocycles. The lowest BCUT2D eigenvalue weighted by Crippen LogP contribution is -2.38. The van der Waals surface area contributed by atoms with Crippen LogP contribution in [-0.2, 0) is 11.2 Å². The molecule has 2 aromatic heterocycles. The maximum Gasteiger partial charge on any atom is 0.350 e. The fraction of sp³-hybridized carbons (Fsp3) is 0.409. The van der Waals surface area contributed by atoms with Gasteiger partial charge in [-0.05, 0) is 39.8 Å². The number of rotatable bonds is 8. The van der Waals surface area contributed by atoms with Gasteiger partial charge in [0.2, 0.25) is 0 Å². The molecule has 3 rings (SSSR count). The van der Waals surface area contributed by atoms with Gasteiger partial charge in [-0.1, -0.05) is 18.2 Å². The molecule has 3 aromatic rings. The van der Waals surface area contributed by atoms with Crippen LogP contribution in [0.25, 0.3) is 11.0 Å². The van der Waals surface area contributed by atoms with Crippen molar-refractivity contribution in [3.05, 3.63) is 51.7 Å². The van der Waals surface area contributed by atoms with Crippen LogP contribution in [0.4, 0.5) is 0 Å². The highest BCUT2D eigenvalue weighted by Gasteiger charge is 2.20. The van der Waals surface area contributed by atoms with Gasteiger partial charge in [0.15, 0.2) is 5.96 Å². The molecule has 1 unspecified atom stereocenters. The monoisotopic (exact) mass is 428 g/mol. The second kappa shape index (κ2) is 10.2. The van der Waals surface area contributed by atoms with E-state index in [1.165, 1.54) is 11.3 Å². The highest BCUT2D eigenvalue weighted by Crippen LogP contribution is 2.24. The minimum atomic E-state index is -0.322. The molecular weight excluding hydrogens is 400 g/mol. The number of esters is 1. The minimum absolute atomic E-state index is 0.0964. The van der Waals surface area contributed by atoms with Crippen LogP contribution < -0.4 is 10.6 Å². The van der Waals surface area contributed by atoms with Gasteiger partial charge in [-0.2, -0.15) is 0 Å². The van der Waals surface area contributed by atoms with Crippen molar-refractivity contribution in [3.63, 3.8) is 0 Å². The average molecular weight is 429 g/mol. The van der Waals surface area contributed by atoms with Crippen LogP contribution in [0, 0.1) is 6.92 Å². The fourth-order valence-electron chi connectivity index (χ4n) is 3.01. The van der Waals surface area contributed by atoms with E-state index in [1.807, 2.05) is 45.0 Å². The standard InChI is InChI=1S/C22H28N4O3S/c1-5-23-22(24-12-11-17-13-16-9-7-8-10-18(16)29-17)26-15(4)20-25-14(3)19(30-20)21(27)28-6-2/h7-10,13,15H,5-6,11-12H2,1-4H3,(H2,23,24,26). The maximum absolute atomic E-state index is 12.0. The van der Waals surface area contributed by atoms with E-state index in [0.717, 1.165) is 28.3 Å². The Balaban J connectivity index is 1.64. The second-order valence-corrected chi connectivity index (χ2v) is 7.84. The van der Waals surface area contributed by atoms with Crippen molar-refractivity contribution < 1.29 is 13.9 Å². The van der Waals surface area contributed by atoms with Gasteiger partial charge in [-0.25, -0.2) is 9.78 Å². The van der Waals surface area contributed by atoms with Gasteiger partial charge in [0, 0.05) is 24.9 Å². The topological polar surface area (TPSA) is 88.8 Å². The molecule has 7 nitrogen and oxygen atoms in total. The van der Waals surface area contributed by atoms with Crippen molar-refractivity contribution in [1.82, 2.24) is 15.6 Å². The molecule has 8 heteroatoms. The molecular formula is C22H28N4O3S. The van der Waals surface area contributed by atoms with Gasteiger partial charge in [0.25, 0.3) is 0 Å². The van der Waals surface area contributed by atoms with Crippen LogP contribution in [0.3, 0.4) is 0 Å². The van der Waals surface area contributed by atoms with E-state index in [4.69, 9.17) is 9.15 Å². The Morgan fingerprint density at radius 1 is 1.33 bits per heavy atom. The van der Waals surface area contributed by atoms with Crippen LogP contribution in [0.1, 0.15) is 52.9 Å². The van der Waals surface area contributed by atoms with Crippen molar-refractivity contribution in [2.24, 2.45) is 4.99 Å². The number of para-hydroxylation sites is 1. The molecule has 30 heavy (non-hydrogen) atoms. The zero-order chi connectivity index (χ0) is 21.5. The Morgan fingerprint density at radius 3 is 2.87 bits per heavy atom. The Hall–Kier alpha value is -2.87. The number of hydrogen-bond donors (Lipinski definition) is 2. The highest BCUT2D eigenvalue weighted by atomic mass is 32.1. The maximum atomic E-state index is 12.0. The Kier molecular flexibility index (Phi) is 7.46. The number of aryl methyl sites for hydroxylation is 1. The Labute approximate surface area is 180 Å². The van der Waals surface area contributed by atoms with E-state index in [-0.39, 0.29) is 12.0 Å². The summed E-state index contributed by atoms with van der Waals surface area (Å²) < 4.78 is 11.0. The summed E-state index contributed by atoms with van der Waals surface area (Å²) in [6.45, 7) is 9.32. The van der Waals surface area contributed by atoms with Crippen LogP contribution in [0.5, 0.6) is 0 Å². The molecule has 0 aliphatic heterocycles. The molecule has 0 amide bonds. The lowest BCUT2D eigenvalue weighted by atomic mass is 10.2. The number of furan rings is 1. The molecule has 0 saturated heterocycles. The summed E-state index contributed by atoms with van der Waals surface area (Å²) >= 11 is 1.35. The smallest absolute Gasteiger partial charge is 0.350 e. The van der Waals surface area contributed by atoms with Crippen molar-refractivity contribution >= 4 is 34.2 Å². The highest BCUT2D eigenvalue weighted by molar-refractivity contribution is 7.13. The summed E-state index contributed by atoms with van der Waals surface area (Å²) in [5, 5.41) is 8.54. The summed E-state index contributed by atoms with van der Waals surface area (Å²) in [6.07, 6.45) is 0.711. The summed E-state index contributed by atoms with van der Waals surface area (Å²) in [5.41, 5.74) is 1.58. The van der Waals surface area contributed by atoms with E-state index in [1.54, 1.807) is 6.92 Å². The normalized spacial score (nSPS) is 12.7. The molecule has 0 aliphatic rings. The number of fused-ring (bicyclic) bond motifs is 1. The number of hydrogen-bond acceptors (Lipinski definition) is 6. The van der Waals surface area contributed by atoms with E-state index in [0.29, 0.717) is 36.1 Å². The van der Waals surface area contributed by atoms with Gasteiger partial charge in [0.05, 0.1) is 18.3 Å². The predicted molar refractivity (Wildman–Crippen MR) is 120 cm³/mol. The van der Waals surface area contributed by atoms with Gasteiger partial charge < -0.3 is 19.8 Å². The van der Waals surface area contributed by atoms with Crippen LogP contribution in [0.2, 0.25) is 0 Å². The summed E-state index contributed by atoms with van der Waals surface area (Å²) in [5.74, 6) is 1.29. The summed E-state index contributed by atoms with van der Waals surface area (Å²) in [6, 6.07) is 9.94. The number of nitrogens with one attached hydrogen (secondary N) is 2. The molecule has 1 aromatic carbocycles. The lowest BCUT2D eigenvalue weighted by molar-refractivity contribution is 0.0531. The molecule has 0 spiro atoms. The van der Waals surface area contributed by atoms with Crippen LogP contribution >= 0.6 is 11.3 Å². The zero-order valence-corrected chi connectivity index (χ0v) is 18.6. The number of ether oxygens (including phenoxy) is 1. The van der Waals surface area contributed by atoms with E-state index >= 15 is 0 Å².